The summed E-state index contributed by atoms with van der Waals surface area (Å²) in [6, 6.07) is 6.00. The lowest BCUT2D eigenvalue weighted by Crippen LogP contribution is -2.32. The molecule has 5 heteroatoms. The Balaban J connectivity index is 2.22. The number of benzene rings is 1. The lowest BCUT2D eigenvalue weighted by atomic mass is 9.87. The van der Waals surface area contributed by atoms with Gasteiger partial charge in [0.1, 0.15) is 17.0 Å². The number of halogens is 1. The topological polar surface area (TPSA) is 62.1 Å². The number of amides is 1. The van der Waals surface area contributed by atoms with Crippen molar-refractivity contribution in [3.8, 4) is 11.8 Å². The third-order valence-electron chi connectivity index (χ3n) is 3.52. The molecule has 0 spiro atoms. The maximum Gasteiger partial charge on any atom is 0.244 e. The van der Waals surface area contributed by atoms with Gasteiger partial charge in [0.05, 0.1) is 18.9 Å². The van der Waals surface area contributed by atoms with Crippen molar-refractivity contribution in [3.05, 3.63) is 24.0 Å². The van der Waals surface area contributed by atoms with E-state index in [2.05, 4.69) is 11.4 Å². The first-order valence-corrected chi connectivity index (χ1v) is 6.17. The zero-order valence-electron chi connectivity index (χ0n) is 10.7. The first-order chi connectivity index (χ1) is 9.11. The van der Waals surface area contributed by atoms with Crippen LogP contribution in [0.2, 0.25) is 0 Å². The lowest BCUT2D eigenvalue weighted by Gasteiger charge is -2.20. The highest BCUT2D eigenvalue weighted by Crippen LogP contribution is 2.39. The van der Waals surface area contributed by atoms with Crippen LogP contribution in [0.5, 0.6) is 5.75 Å². The number of nitrogens with zero attached hydrogens (tertiary/aromatic N) is 1. The molecule has 0 heterocycles. The van der Waals surface area contributed by atoms with Gasteiger partial charge in [-0.25, -0.2) is 4.39 Å². The van der Waals surface area contributed by atoms with Crippen LogP contribution < -0.4 is 10.1 Å². The second-order valence-corrected chi connectivity index (χ2v) is 4.70. The summed E-state index contributed by atoms with van der Waals surface area (Å²) in [5, 5.41) is 11.9. The average Bonchev–Trinajstić information content (AvgIpc) is 2.90. The standard InChI is InChI=1S/C14H15FN2O2/c1-19-12-8-10(15)4-5-11(12)17-13(18)14(9-16)6-2-3-7-14/h4-5,8H,2-3,6-7H2,1H3,(H,17,18). The summed E-state index contributed by atoms with van der Waals surface area (Å²) < 4.78 is 18.1. The molecule has 0 radical (unpaired) electrons. The van der Waals surface area contributed by atoms with Crippen LogP contribution in [0.3, 0.4) is 0 Å². The van der Waals surface area contributed by atoms with Crippen molar-refractivity contribution in [2.24, 2.45) is 5.41 Å². The fourth-order valence-electron chi connectivity index (χ4n) is 2.38. The highest BCUT2D eigenvalue weighted by Gasteiger charge is 2.41. The van der Waals surface area contributed by atoms with Crippen molar-refractivity contribution in [2.75, 3.05) is 12.4 Å². The molecule has 1 N–H and O–H groups in total. The van der Waals surface area contributed by atoms with Gasteiger partial charge in [-0.1, -0.05) is 12.8 Å². The van der Waals surface area contributed by atoms with E-state index < -0.39 is 11.2 Å². The number of nitriles is 1. The molecule has 1 saturated carbocycles. The smallest absolute Gasteiger partial charge is 0.244 e. The van der Waals surface area contributed by atoms with Gasteiger partial charge >= 0.3 is 0 Å². The van der Waals surface area contributed by atoms with Gasteiger partial charge in [-0.3, -0.25) is 4.79 Å². The molecule has 1 aromatic rings. The van der Waals surface area contributed by atoms with Gasteiger partial charge in [0.15, 0.2) is 0 Å². The van der Waals surface area contributed by atoms with Crippen LogP contribution in [0.4, 0.5) is 10.1 Å². The van der Waals surface area contributed by atoms with Gasteiger partial charge in [0, 0.05) is 6.07 Å². The van der Waals surface area contributed by atoms with Crippen LogP contribution in [-0.2, 0) is 4.79 Å². The van der Waals surface area contributed by atoms with Gasteiger partial charge < -0.3 is 10.1 Å². The number of methoxy groups -OCH3 is 1. The molecular weight excluding hydrogens is 247 g/mol. The summed E-state index contributed by atoms with van der Waals surface area (Å²) >= 11 is 0. The second-order valence-electron chi connectivity index (χ2n) is 4.70. The average molecular weight is 262 g/mol. The number of carbonyl (C=O) groups is 1. The number of carbonyl (C=O) groups excluding carboxylic acids is 1. The van der Waals surface area contributed by atoms with E-state index in [1.165, 1.54) is 25.3 Å². The molecule has 4 nitrogen and oxygen atoms in total. The van der Waals surface area contributed by atoms with Crippen LogP contribution in [-0.4, -0.2) is 13.0 Å². The summed E-state index contributed by atoms with van der Waals surface area (Å²) in [7, 11) is 1.40. The van der Waals surface area contributed by atoms with Crippen molar-refractivity contribution >= 4 is 11.6 Å². The number of hydrogen-bond acceptors (Lipinski definition) is 3. The van der Waals surface area contributed by atoms with E-state index in [9.17, 15) is 14.4 Å². The summed E-state index contributed by atoms with van der Waals surface area (Å²) in [6.07, 6.45) is 2.89. The van der Waals surface area contributed by atoms with E-state index in [1.807, 2.05) is 0 Å². The highest BCUT2D eigenvalue weighted by molar-refractivity contribution is 5.98. The zero-order valence-corrected chi connectivity index (χ0v) is 10.7. The predicted molar refractivity (Wildman–Crippen MR) is 68.1 cm³/mol. The highest BCUT2D eigenvalue weighted by atomic mass is 19.1. The molecular formula is C14H15FN2O2. The third-order valence-corrected chi connectivity index (χ3v) is 3.52. The van der Waals surface area contributed by atoms with E-state index in [-0.39, 0.29) is 11.7 Å². The molecule has 0 unspecified atom stereocenters. The van der Waals surface area contributed by atoms with Crippen molar-refractivity contribution < 1.29 is 13.9 Å². The summed E-state index contributed by atoms with van der Waals surface area (Å²) in [5.74, 6) is -0.525. The first-order valence-electron chi connectivity index (χ1n) is 6.17. The Morgan fingerprint density at radius 1 is 1.47 bits per heavy atom. The van der Waals surface area contributed by atoms with Gasteiger partial charge in [-0.05, 0) is 25.0 Å². The molecule has 0 bridgehead atoms. The quantitative estimate of drug-likeness (QED) is 0.911. The molecule has 2 rings (SSSR count). The number of rotatable bonds is 3. The maximum atomic E-state index is 13.1. The third kappa shape index (κ3) is 2.53. The predicted octanol–water partition coefficient (Wildman–Crippen LogP) is 2.86. The molecule has 0 aliphatic heterocycles. The number of hydrogen-bond donors (Lipinski definition) is 1. The molecule has 100 valence electrons. The fourth-order valence-corrected chi connectivity index (χ4v) is 2.38. The van der Waals surface area contributed by atoms with Gasteiger partial charge in [0.2, 0.25) is 5.91 Å². The van der Waals surface area contributed by atoms with Gasteiger partial charge in [-0.15, -0.1) is 0 Å². The Morgan fingerprint density at radius 2 is 2.16 bits per heavy atom. The van der Waals surface area contributed by atoms with E-state index in [1.54, 1.807) is 0 Å². The molecule has 1 aromatic carbocycles. The minimum atomic E-state index is -0.959. The first kappa shape index (κ1) is 13.3. The Bertz CT molecular complexity index is 531. The van der Waals surface area contributed by atoms with E-state index in [0.717, 1.165) is 12.8 Å². The van der Waals surface area contributed by atoms with E-state index in [0.29, 0.717) is 18.5 Å². The maximum absolute atomic E-state index is 13.1. The molecule has 0 aromatic heterocycles. The van der Waals surface area contributed by atoms with Gasteiger partial charge in [0.25, 0.3) is 0 Å². The molecule has 0 atom stereocenters. The fraction of sp³-hybridized carbons (Fsp3) is 0.429. The van der Waals surface area contributed by atoms with Crippen molar-refractivity contribution in [1.29, 1.82) is 5.26 Å². The van der Waals surface area contributed by atoms with Crippen molar-refractivity contribution in [2.45, 2.75) is 25.7 Å². The minimum absolute atomic E-state index is 0.249. The van der Waals surface area contributed by atoms with E-state index >= 15 is 0 Å². The van der Waals surface area contributed by atoms with Crippen LogP contribution in [0.25, 0.3) is 0 Å². The minimum Gasteiger partial charge on any atom is -0.494 e. The largest absolute Gasteiger partial charge is 0.494 e. The van der Waals surface area contributed by atoms with Crippen LogP contribution in [0.15, 0.2) is 18.2 Å². The molecule has 1 aliphatic rings. The Labute approximate surface area is 111 Å². The molecule has 1 fully saturated rings. The van der Waals surface area contributed by atoms with E-state index in [4.69, 9.17) is 4.74 Å². The summed E-state index contributed by atoms with van der Waals surface area (Å²) in [5.41, 5.74) is -0.574. The van der Waals surface area contributed by atoms with Crippen LogP contribution >= 0.6 is 0 Å². The Kier molecular flexibility index (Phi) is 3.70. The second kappa shape index (κ2) is 5.27. The monoisotopic (exact) mass is 262 g/mol. The Hall–Kier alpha value is -2.09. The normalized spacial score (nSPS) is 16.7. The number of ether oxygens (including phenoxy) is 1. The van der Waals surface area contributed by atoms with Crippen molar-refractivity contribution in [3.63, 3.8) is 0 Å². The molecule has 0 saturated heterocycles. The lowest BCUT2D eigenvalue weighted by molar-refractivity contribution is -0.122. The van der Waals surface area contributed by atoms with Crippen molar-refractivity contribution in [1.82, 2.24) is 0 Å². The molecule has 19 heavy (non-hydrogen) atoms. The zero-order chi connectivity index (χ0) is 13.9. The number of nitrogens with one attached hydrogen (secondary N) is 1. The Morgan fingerprint density at radius 3 is 2.74 bits per heavy atom. The van der Waals surface area contributed by atoms with Crippen LogP contribution in [0, 0.1) is 22.6 Å². The SMILES string of the molecule is COc1cc(F)ccc1NC(=O)C1(C#N)CCCC1. The summed E-state index contributed by atoms with van der Waals surface area (Å²) in [4.78, 5) is 12.2. The van der Waals surface area contributed by atoms with Crippen LogP contribution in [0.1, 0.15) is 25.7 Å². The summed E-state index contributed by atoms with van der Waals surface area (Å²) in [6.45, 7) is 0. The molecule has 1 aliphatic carbocycles. The molecule has 1 amide bonds. The number of anilines is 1. The van der Waals surface area contributed by atoms with Gasteiger partial charge in [-0.2, -0.15) is 5.26 Å².